The minimum Gasteiger partial charge on any atom is -0.385 e. The standard InChI is InChI=1S/C15H26N2O/c1-15(2,8-9-18-3)12-17-11-14-6-4-13(10-16)5-7-14/h4-7,17H,8-12,16H2,1-3H3. The zero-order valence-corrected chi connectivity index (χ0v) is 11.8. The van der Waals surface area contributed by atoms with Gasteiger partial charge in [0.1, 0.15) is 0 Å². The van der Waals surface area contributed by atoms with Crippen molar-refractivity contribution in [3.63, 3.8) is 0 Å². The summed E-state index contributed by atoms with van der Waals surface area (Å²) in [7, 11) is 1.75. The summed E-state index contributed by atoms with van der Waals surface area (Å²) in [6, 6.07) is 8.45. The first-order valence-corrected chi connectivity index (χ1v) is 6.55. The molecule has 0 spiro atoms. The average Bonchev–Trinajstić information content (AvgIpc) is 2.37. The minimum atomic E-state index is 0.271. The molecule has 3 heteroatoms. The molecular weight excluding hydrogens is 224 g/mol. The van der Waals surface area contributed by atoms with Crippen LogP contribution in [-0.2, 0) is 17.8 Å². The molecule has 102 valence electrons. The number of methoxy groups -OCH3 is 1. The van der Waals surface area contributed by atoms with Crippen LogP contribution in [0.15, 0.2) is 24.3 Å². The Hall–Kier alpha value is -0.900. The number of nitrogens with one attached hydrogen (secondary N) is 1. The van der Waals surface area contributed by atoms with Gasteiger partial charge < -0.3 is 15.8 Å². The van der Waals surface area contributed by atoms with E-state index in [1.807, 2.05) is 0 Å². The fourth-order valence-electron chi connectivity index (χ4n) is 1.81. The molecule has 0 heterocycles. The lowest BCUT2D eigenvalue weighted by Crippen LogP contribution is -2.30. The van der Waals surface area contributed by atoms with Gasteiger partial charge >= 0.3 is 0 Å². The van der Waals surface area contributed by atoms with Crippen LogP contribution in [0.5, 0.6) is 0 Å². The normalized spacial score (nSPS) is 11.8. The van der Waals surface area contributed by atoms with Crippen LogP contribution in [-0.4, -0.2) is 20.3 Å². The predicted octanol–water partition coefficient (Wildman–Crippen LogP) is 2.30. The van der Waals surface area contributed by atoms with E-state index >= 15 is 0 Å². The zero-order valence-electron chi connectivity index (χ0n) is 11.8. The summed E-state index contributed by atoms with van der Waals surface area (Å²) < 4.78 is 5.13. The molecule has 1 rings (SSSR count). The van der Waals surface area contributed by atoms with E-state index in [0.717, 1.165) is 26.1 Å². The Morgan fingerprint density at radius 1 is 1.17 bits per heavy atom. The van der Waals surface area contributed by atoms with Gasteiger partial charge in [0.15, 0.2) is 0 Å². The molecular formula is C15H26N2O. The Morgan fingerprint density at radius 2 is 1.78 bits per heavy atom. The maximum Gasteiger partial charge on any atom is 0.0467 e. The molecule has 0 saturated carbocycles. The number of hydrogen-bond acceptors (Lipinski definition) is 3. The second-order valence-corrected chi connectivity index (χ2v) is 5.53. The number of hydrogen-bond donors (Lipinski definition) is 2. The van der Waals surface area contributed by atoms with Crippen molar-refractivity contribution in [2.45, 2.75) is 33.4 Å². The maximum absolute atomic E-state index is 5.58. The molecule has 0 aliphatic rings. The van der Waals surface area contributed by atoms with E-state index in [2.05, 4.69) is 43.4 Å². The third kappa shape index (κ3) is 5.63. The smallest absolute Gasteiger partial charge is 0.0467 e. The lowest BCUT2D eigenvalue weighted by atomic mass is 9.89. The van der Waals surface area contributed by atoms with Crippen LogP contribution in [0.4, 0.5) is 0 Å². The summed E-state index contributed by atoms with van der Waals surface area (Å²) in [6.45, 7) is 7.85. The van der Waals surface area contributed by atoms with Crippen LogP contribution in [0.1, 0.15) is 31.4 Å². The summed E-state index contributed by atoms with van der Waals surface area (Å²) in [4.78, 5) is 0. The molecule has 1 aromatic rings. The van der Waals surface area contributed by atoms with Crippen LogP contribution in [0.3, 0.4) is 0 Å². The summed E-state index contributed by atoms with van der Waals surface area (Å²) in [5, 5.41) is 3.50. The first-order valence-electron chi connectivity index (χ1n) is 6.55. The van der Waals surface area contributed by atoms with E-state index in [-0.39, 0.29) is 5.41 Å². The Labute approximate surface area is 111 Å². The molecule has 0 radical (unpaired) electrons. The number of benzene rings is 1. The lowest BCUT2D eigenvalue weighted by Gasteiger charge is -2.24. The van der Waals surface area contributed by atoms with Crippen LogP contribution in [0, 0.1) is 5.41 Å². The molecule has 0 aliphatic carbocycles. The number of ether oxygens (including phenoxy) is 1. The Balaban J connectivity index is 2.31. The Morgan fingerprint density at radius 3 is 2.33 bits per heavy atom. The van der Waals surface area contributed by atoms with Gasteiger partial charge in [-0.1, -0.05) is 38.1 Å². The van der Waals surface area contributed by atoms with Gasteiger partial charge in [0.2, 0.25) is 0 Å². The number of nitrogens with two attached hydrogens (primary N) is 1. The van der Waals surface area contributed by atoms with Crippen LogP contribution in [0.25, 0.3) is 0 Å². The topological polar surface area (TPSA) is 47.3 Å². The van der Waals surface area contributed by atoms with Gasteiger partial charge in [-0.25, -0.2) is 0 Å². The second-order valence-electron chi connectivity index (χ2n) is 5.53. The van der Waals surface area contributed by atoms with Crippen molar-refractivity contribution in [2.75, 3.05) is 20.3 Å². The maximum atomic E-state index is 5.58. The van der Waals surface area contributed by atoms with E-state index in [0.29, 0.717) is 6.54 Å². The molecule has 0 atom stereocenters. The molecule has 0 bridgehead atoms. The van der Waals surface area contributed by atoms with Gasteiger partial charge in [-0.3, -0.25) is 0 Å². The van der Waals surface area contributed by atoms with Gasteiger partial charge in [-0.15, -0.1) is 0 Å². The van der Waals surface area contributed by atoms with E-state index in [4.69, 9.17) is 10.5 Å². The highest BCUT2D eigenvalue weighted by Gasteiger charge is 2.16. The Bertz CT molecular complexity index is 333. The fraction of sp³-hybridized carbons (Fsp3) is 0.600. The quantitative estimate of drug-likeness (QED) is 0.744. The molecule has 3 nitrogen and oxygen atoms in total. The molecule has 1 aromatic carbocycles. The van der Waals surface area contributed by atoms with Crippen molar-refractivity contribution < 1.29 is 4.74 Å². The lowest BCUT2D eigenvalue weighted by molar-refractivity contribution is 0.150. The van der Waals surface area contributed by atoms with Crippen molar-refractivity contribution in [3.05, 3.63) is 35.4 Å². The largest absolute Gasteiger partial charge is 0.385 e. The molecule has 0 aliphatic heterocycles. The SMILES string of the molecule is COCCC(C)(C)CNCc1ccc(CN)cc1. The van der Waals surface area contributed by atoms with Crippen molar-refractivity contribution in [1.82, 2.24) is 5.32 Å². The summed E-state index contributed by atoms with van der Waals surface area (Å²) in [6.07, 6.45) is 1.07. The van der Waals surface area contributed by atoms with Crippen LogP contribution < -0.4 is 11.1 Å². The molecule has 0 unspecified atom stereocenters. The van der Waals surface area contributed by atoms with Crippen LogP contribution >= 0.6 is 0 Å². The van der Waals surface area contributed by atoms with Gasteiger partial charge in [0.05, 0.1) is 0 Å². The molecule has 0 saturated heterocycles. The third-order valence-corrected chi connectivity index (χ3v) is 3.17. The van der Waals surface area contributed by atoms with Crippen LogP contribution in [0.2, 0.25) is 0 Å². The molecule has 0 amide bonds. The highest BCUT2D eigenvalue weighted by molar-refractivity contribution is 5.22. The minimum absolute atomic E-state index is 0.271. The fourth-order valence-corrected chi connectivity index (χ4v) is 1.81. The molecule has 3 N–H and O–H groups in total. The van der Waals surface area contributed by atoms with Gasteiger partial charge in [0, 0.05) is 33.4 Å². The second kappa shape index (κ2) is 7.52. The average molecular weight is 250 g/mol. The molecule has 0 fully saturated rings. The zero-order chi connectivity index (χ0) is 13.4. The summed E-state index contributed by atoms with van der Waals surface area (Å²) in [5.41, 5.74) is 8.33. The van der Waals surface area contributed by atoms with Crippen molar-refractivity contribution in [2.24, 2.45) is 11.1 Å². The summed E-state index contributed by atoms with van der Waals surface area (Å²) >= 11 is 0. The third-order valence-electron chi connectivity index (χ3n) is 3.17. The predicted molar refractivity (Wildman–Crippen MR) is 76.3 cm³/mol. The van der Waals surface area contributed by atoms with Crippen molar-refractivity contribution in [3.8, 4) is 0 Å². The first-order chi connectivity index (χ1) is 8.57. The van der Waals surface area contributed by atoms with Crippen molar-refractivity contribution >= 4 is 0 Å². The monoisotopic (exact) mass is 250 g/mol. The van der Waals surface area contributed by atoms with Crippen molar-refractivity contribution in [1.29, 1.82) is 0 Å². The molecule has 0 aromatic heterocycles. The molecule has 18 heavy (non-hydrogen) atoms. The van der Waals surface area contributed by atoms with Gasteiger partial charge in [0.25, 0.3) is 0 Å². The van der Waals surface area contributed by atoms with E-state index < -0.39 is 0 Å². The summed E-state index contributed by atoms with van der Waals surface area (Å²) in [5.74, 6) is 0. The van der Waals surface area contributed by atoms with E-state index in [9.17, 15) is 0 Å². The van der Waals surface area contributed by atoms with E-state index in [1.165, 1.54) is 11.1 Å². The first kappa shape index (κ1) is 15.2. The Kier molecular flexibility index (Phi) is 6.33. The highest BCUT2D eigenvalue weighted by atomic mass is 16.5. The van der Waals surface area contributed by atoms with Gasteiger partial charge in [-0.2, -0.15) is 0 Å². The van der Waals surface area contributed by atoms with Gasteiger partial charge in [-0.05, 0) is 23.0 Å². The number of rotatable bonds is 8. The highest BCUT2D eigenvalue weighted by Crippen LogP contribution is 2.18. The van der Waals surface area contributed by atoms with E-state index in [1.54, 1.807) is 7.11 Å².